The molecule has 0 aliphatic rings. The van der Waals surface area contributed by atoms with E-state index in [1.807, 2.05) is 6.92 Å². The Hall–Kier alpha value is -2.12. The van der Waals surface area contributed by atoms with Crippen LogP contribution in [0.5, 0.6) is 0 Å². The van der Waals surface area contributed by atoms with Gasteiger partial charge in [0.25, 0.3) is 0 Å². The minimum absolute atomic E-state index is 0.423. The molecule has 0 spiro atoms. The zero-order valence-electron chi connectivity index (χ0n) is 11.3. The molecule has 21 heavy (non-hydrogen) atoms. The Morgan fingerprint density at radius 1 is 1.38 bits per heavy atom. The molecule has 8 heteroatoms. The van der Waals surface area contributed by atoms with Gasteiger partial charge in [-0.2, -0.15) is 13.2 Å². The Balaban J connectivity index is 2.76. The Morgan fingerprint density at radius 2 is 2.00 bits per heavy atom. The standard InChI is InChI=1S/C13H15F3N2O3/c1-2-9-5-3-4-6-11(9)17-12(19)7-10(8-18(20)21)13(14,15)16/h3-6,10H,2,7-8H2,1H3,(H,17,19). The highest BCUT2D eigenvalue weighted by Crippen LogP contribution is 2.29. The third kappa shape index (κ3) is 5.41. The van der Waals surface area contributed by atoms with Crippen LogP contribution in [0, 0.1) is 16.0 Å². The molecule has 0 saturated heterocycles. The summed E-state index contributed by atoms with van der Waals surface area (Å²) in [5, 5.41) is 12.6. The van der Waals surface area contributed by atoms with Gasteiger partial charge in [0.1, 0.15) is 5.92 Å². The van der Waals surface area contributed by atoms with Crippen molar-refractivity contribution >= 4 is 11.6 Å². The number of para-hydroxylation sites is 1. The lowest BCUT2D eigenvalue weighted by atomic mass is 10.0. The van der Waals surface area contributed by atoms with E-state index in [1.54, 1.807) is 24.3 Å². The van der Waals surface area contributed by atoms with Gasteiger partial charge in [0.05, 0.1) is 0 Å². The number of benzene rings is 1. The van der Waals surface area contributed by atoms with Crippen molar-refractivity contribution in [2.75, 3.05) is 11.9 Å². The Labute approximate surface area is 119 Å². The van der Waals surface area contributed by atoms with E-state index < -0.39 is 35.9 Å². The fourth-order valence-corrected chi connectivity index (χ4v) is 1.84. The maximum Gasteiger partial charge on any atom is 0.398 e. The zero-order valence-corrected chi connectivity index (χ0v) is 11.3. The molecule has 1 aromatic rings. The molecule has 1 N–H and O–H groups in total. The van der Waals surface area contributed by atoms with Crippen LogP contribution in [0.2, 0.25) is 0 Å². The van der Waals surface area contributed by atoms with Gasteiger partial charge in [-0.15, -0.1) is 0 Å². The molecular formula is C13H15F3N2O3. The quantitative estimate of drug-likeness (QED) is 0.648. The zero-order chi connectivity index (χ0) is 16.0. The van der Waals surface area contributed by atoms with E-state index in [9.17, 15) is 28.1 Å². The van der Waals surface area contributed by atoms with Gasteiger partial charge in [-0.1, -0.05) is 25.1 Å². The molecule has 0 aliphatic heterocycles. The number of carbonyl (C=O) groups excluding carboxylic acids is 1. The number of nitrogens with zero attached hydrogens (tertiary/aromatic N) is 1. The van der Waals surface area contributed by atoms with Crippen LogP contribution in [0.25, 0.3) is 0 Å². The molecule has 116 valence electrons. The molecular weight excluding hydrogens is 289 g/mol. The molecule has 0 radical (unpaired) electrons. The summed E-state index contributed by atoms with van der Waals surface area (Å²) < 4.78 is 37.9. The normalized spacial score (nSPS) is 12.8. The second-order valence-electron chi connectivity index (χ2n) is 4.52. The first-order valence-electron chi connectivity index (χ1n) is 6.30. The van der Waals surface area contributed by atoms with E-state index in [1.165, 1.54) is 0 Å². The highest BCUT2D eigenvalue weighted by molar-refractivity contribution is 5.91. The minimum Gasteiger partial charge on any atom is -0.326 e. The van der Waals surface area contributed by atoms with Crippen LogP contribution in [0.1, 0.15) is 18.9 Å². The third-order valence-electron chi connectivity index (χ3n) is 2.94. The lowest BCUT2D eigenvalue weighted by Crippen LogP contribution is -2.33. The van der Waals surface area contributed by atoms with Crippen molar-refractivity contribution < 1.29 is 22.9 Å². The SMILES string of the molecule is CCc1ccccc1NC(=O)CC(C[N+](=O)[O-])C(F)(F)F. The molecule has 5 nitrogen and oxygen atoms in total. The van der Waals surface area contributed by atoms with Crippen LogP contribution in [-0.2, 0) is 11.2 Å². The lowest BCUT2D eigenvalue weighted by molar-refractivity contribution is -0.497. The Kier molecular flexibility index (Phi) is 5.69. The number of nitrogens with one attached hydrogen (secondary N) is 1. The van der Waals surface area contributed by atoms with Crippen molar-refractivity contribution in [3.63, 3.8) is 0 Å². The average Bonchev–Trinajstić information content (AvgIpc) is 2.37. The molecule has 1 unspecified atom stereocenters. The first kappa shape index (κ1) is 16.9. The maximum atomic E-state index is 12.6. The number of rotatable bonds is 6. The predicted octanol–water partition coefficient (Wildman–Crippen LogP) is 3.03. The highest BCUT2D eigenvalue weighted by Gasteiger charge is 2.44. The van der Waals surface area contributed by atoms with Crippen LogP contribution in [-0.4, -0.2) is 23.6 Å². The summed E-state index contributed by atoms with van der Waals surface area (Å²) in [4.78, 5) is 20.9. The van der Waals surface area contributed by atoms with Gasteiger partial charge in [0, 0.05) is 17.0 Å². The monoisotopic (exact) mass is 304 g/mol. The molecule has 0 saturated carbocycles. The number of halogens is 3. The van der Waals surface area contributed by atoms with Crippen LogP contribution >= 0.6 is 0 Å². The van der Waals surface area contributed by atoms with E-state index in [2.05, 4.69) is 5.32 Å². The second-order valence-corrected chi connectivity index (χ2v) is 4.52. The second kappa shape index (κ2) is 7.05. The smallest absolute Gasteiger partial charge is 0.326 e. The number of nitro groups is 1. The highest BCUT2D eigenvalue weighted by atomic mass is 19.4. The van der Waals surface area contributed by atoms with Gasteiger partial charge in [-0.25, -0.2) is 0 Å². The van der Waals surface area contributed by atoms with Crippen molar-refractivity contribution in [1.29, 1.82) is 0 Å². The molecule has 0 heterocycles. The summed E-state index contributed by atoms with van der Waals surface area (Å²) >= 11 is 0. The van der Waals surface area contributed by atoms with Crippen LogP contribution in [0.4, 0.5) is 18.9 Å². The van der Waals surface area contributed by atoms with E-state index in [4.69, 9.17) is 0 Å². The summed E-state index contributed by atoms with van der Waals surface area (Å²) in [5.74, 6) is -3.18. The molecule has 1 rings (SSSR count). The lowest BCUT2D eigenvalue weighted by Gasteiger charge is -2.16. The molecule has 1 atom stereocenters. The number of aryl methyl sites for hydroxylation is 1. The van der Waals surface area contributed by atoms with Gasteiger partial charge in [0.2, 0.25) is 12.5 Å². The molecule has 0 bridgehead atoms. The van der Waals surface area contributed by atoms with E-state index >= 15 is 0 Å². The van der Waals surface area contributed by atoms with E-state index in [0.29, 0.717) is 12.1 Å². The van der Waals surface area contributed by atoms with Crippen LogP contribution in [0.15, 0.2) is 24.3 Å². The largest absolute Gasteiger partial charge is 0.398 e. The third-order valence-corrected chi connectivity index (χ3v) is 2.94. The van der Waals surface area contributed by atoms with Crippen molar-refractivity contribution in [1.82, 2.24) is 0 Å². The number of carbonyl (C=O) groups is 1. The molecule has 0 aliphatic carbocycles. The maximum absolute atomic E-state index is 12.6. The Bertz CT molecular complexity index is 518. The number of amides is 1. The summed E-state index contributed by atoms with van der Waals surface area (Å²) in [6.07, 6.45) is -5.15. The predicted molar refractivity (Wildman–Crippen MR) is 70.5 cm³/mol. The fraction of sp³-hybridized carbons (Fsp3) is 0.462. The van der Waals surface area contributed by atoms with Gasteiger partial charge < -0.3 is 5.32 Å². The molecule has 1 amide bonds. The van der Waals surface area contributed by atoms with E-state index in [0.717, 1.165) is 5.56 Å². The fourth-order valence-electron chi connectivity index (χ4n) is 1.84. The number of hydrogen-bond donors (Lipinski definition) is 1. The summed E-state index contributed by atoms with van der Waals surface area (Å²) in [7, 11) is 0. The van der Waals surface area contributed by atoms with Crippen molar-refractivity contribution in [2.24, 2.45) is 5.92 Å². The summed E-state index contributed by atoms with van der Waals surface area (Å²) in [5.41, 5.74) is 1.20. The van der Waals surface area contributed by atoms with Gasteiger partial charge in [-0.3, -0.25) is 14.9 Å². The Morgan fingerprint density at radius 3 is 2.52 bits per heavy atom. The van der Waals surface area contributed by atoms with Gasteiger partial charge >= 0.3 is 6.18 Å². The van der Waals surface area contributed by atoms with E-state index in [-0.39, 0.29) is 0 Å². The number of anilines is 1. The van der Waals surface area contributed by atoms with Crippen LogP contribution < -0.4 is 5.32 Å². The van der Waals surface area contributed by atoms with Crippen molar-refractivity contribution in [3.8, 4) is 0 Å². The van der Waals surface area contributed by atoms with Crippen LogP contribution in [0.3, 0.4) is 0 Å². The minimum atomic E-state index is -4.78. The number of alkyl halides is 3. The van der Waals surface area contributed by atoms with Crippen molar-refractivity contribution in [2.45, 2.75) is 25.9 Å². The average molecular weight is 304 g/mol. The molecule has 0 fully saturated rings. The summed E-state index contributed by atoms with van der Waals surface area (Å²) in [6, 6.07) is 6.72. The first-order chi connectivity index (χ1) is 9.74. The van der Waals surface area contributed by atoms with Gasteiger partial charge in [-0.05, 0) is 18.1 Å². The molecule has 0 aromatic heterocycles. The number of hydrogen-bond acceptors (Lipinski definition) is 3. The molecule has 1 aromatic carbocycles. The van der Waals surface area contributed by atoms with Gasteiger partial charge in [0.15, 0.2) is 0 Å². The topological polar surface area (TPSA) is 72.2 Å². The summed E-state index contributed by atoms with van der Waals surface area (Å²) in [6.45, 7) is 0.530. The first-order valence-corrected chi connectivity index (χ1v) is 6.30. The van der Waals surface area contributed by atoms with Crippen molar-refractivity contribution in [3.05, 3.63) is 39.9 Å².